The van der Waals surface area contributed by atoms with Crippen molar-refractivity contribution in [1.82, 2.24) is 0 Å². The van der Waals surface area contributed by atoms with Gasteiger partial charge in [0.15, 0.2) is 12.4 Å². The summed E-state index contributed by atoms with van der Waals surface area (Å²) in [5.41, 5.74) is 6.56. The number of esters is 1. The van der Waals surface area contributed by atoms with E-state index in [9.17, 15) is 18.8 Å². The van der Waals surface area contributed by atoms with Gasteiger partial charge in [-0.1, -0.05) is 48.0 Å². The van der Waals surface area contributed by atoms with Gasteiger partial charge in [0.1, 0.15) is 22.9 Å². The monoisotopic (exact) mass is 572 g/mol. The second-order valence-electron chi connectivity index (χ2n) is 9.58. The van der Waals surface area contributed by atoms with E-state index in [1.807, 2.05) is 13.8 Å². The van der Waals surface area contributed by atoms with Crippen molar-refractivity contribution < 1.29 is 33.0 Å². The van der Waals surface area contributed by atoms with Gasteiger partial charge in [0.25, 0.3) is 5.91 Å². The van der Waals surface area contributed by atoms with Crippen LogP contribution in [0.1, 0.15) is 38.2 Å². The molecule has 0 fully saturated rings. The summed E-state index contributed by atoms with van der Waals surface area (Å²) in [5, 5.41) is 2.46. The second kappa shape index (κ2) is 10.4. The van der Waals surface area contributed by atoms with E-state index < -0.39 is 30.2 Å². The molecule has 2 aromatic rings. The number of hydrogen-bond donors (Lipinski definition) is 2. The lowest BCUT2D eigenvalue weighted by molar-refractivity contribution is -0.136. The summed E-state index contributed by atoms with van der Waals surface area (Å²) in [7, 11) is 1.21. The number of rotatable bonds is 6. The fraction of sp³-hybridized carbons (Fsp3) is 0.296. The number of carbonyl (C=O) groups excluding carboxylic acids is 3. The fourth-order valence-corrected chi connectivity index (χ4v) is 4.91. The Bertz CT molecular complexity index is 1350. The van der Waals surface area contributed by atoms with Gasteiger partial charge in [-0.25, -0.2) is 9.18 Å². The maximum absolute atomic E-state index is 14.1. The molecule has 0 saturated heterocycles. The quantitative estimate of drug-likeness (QED) is 0.481. The van der Waals surface area contributed by atoms with Crippen molar-refractivity contribution >= 4 is 39.3 Å². The highest BCUT2D eigenvalue weighted by Gasteiger charge is 2.45. The van der Waals surface area contributed by atoms with Crippen LogP contribution in [0.3, 0.4) is 0 Å². The van der Waals surface area contributed by atoms with Crippen molar-refractivity contribution in [1.29, 1.82) is 0 Å². The number of ether oxygens (including phenoxy) is 3. The molecule has 2 aliphatic rings. The number of methoxy groups -OCH3 is 1. The first-order chi connectivity index (χ1) is 17.5. The third-order valence-electron chi connectivity index (χ3n) is 6.15. The molecule has 1 amide bonds. The van der Waals surface area contributed by atoms with Crippen LogP contribution in [0.25, 0.3) is 0 Å². The number of amides is 1. The van der Waals surface area contributed by atoms with Gasteiger partial charge in [-0.05, 0) is 29.7 Å². The van der Waals surface area contributed by atoms with E-state index in [0.29, 0.717) is 27.8 Å². The summed E-state index contributed by atoms with van der Waals surface area (Å²) < 4.78 is 31.2. The molecular formula is C27H26BrFN2O6. The van der Waals surface area contributed by atoms with Crippen LogP contribution in [-0.2, 0) is 23.9 Å². The Morgan fingerprint density at radius 1 is 1.22 bits per heavy atom. The molecule has 8 nitrogen and oxygen atoms in total. The fourth-order valence-electron chi connectivity index (χ4n) is 4.58. The number of allylic oxidation sites excluding steroid dienone is 2. The number of nitrogens with one attached hydrogen (secondary N) is 1. The smallest absolute Gasteiger partial charge is 0.340 e. The van der Waals surface area contributed by atoms with Crippen molar-refractivity contribution in [2.45, 2.75) is 32.6 Å². The zero-order valence-corrected chi connectivity index (χ0v) is 22.1. The first-order valence-corrected chi connectivity index (χ1v) is 12.3. The molecule has 3 N–H and O–H groups in total. The largest absolute Gasteiger partial charge is 0.483 e. The van der Waals surface area contributed by atoms with Crippen molar-refractivity contribution in [2.75, 3.05) is 19.0 Å². The lowest BCUT2D eigenvalue weighted by Gasteiger charge is -2.38. The predicted molar refractivity (Wildman–Crippen MR) is 137 cm³/mol. The minimum absolute atomic E-state index is 0.00316. The molecule has 0 bridgehead atoms. The Hall–Kier alpha value is -3.66. The Balaban J connectivity index is 1.68. The molecule has 0 radical (unpaired) electrons. The molecule has 194 valence electrons. The Kier molecular flexibility index (Phi) is 7.40. The van der Waals surface area contributed by atoms with E-state index in [4.69, 9.17) is 19.9 Å². The average molecular weight is 573 g/mol. The minimum atomic E-state index is -0.914. The van der Waals surface area contributed by atoms with Crippen LogP contribution >= 0.6 is 15.9 Å². The van der Waals surface area contributed by atoms with E-state index >= 15 is 0 Å². The number of nitrogens with two attached hydrogens (primary N) is 1. The summed E-state index contributed by atoms with van der Waals surface area (Å²) in [5.74, 6) is -2.54. The molecular weight excluding hydrogens is 547 g/mol. The zero-order chi connectivity index (χ0) is 26.9. The van der Waals surface area contributed by atoms with Gasteiger partial charge in [0.2, 0.25) is 5.88 Å². The molecule has 2 aromatic carbocycles. The lowest BCUT2D eigenvalue weighted by atomic mass is 9.70. The average Bonchev–Trinajstić information content (AvgIpc) is 2.82. The maximum Gasteiger partial charge on any atom is 0.340 e. The number of anilines is 1. The predicted octanol–water partition coefficient (Wildman–Crippen LogP) is 4.71. The Labute approximate surface area is 221 Å². The summed E-state index contributed by atoms with van der Waals surface area (Å²) in [6.07, 6.45) is 0.703. The number of carbonyl (C=O) groups is 3. The molecule has 0 aromatic heterocycles. The van der Waals surface area contributed by atoms with Crippen molar-refractivity contribution in [3.63, 3.8) is 0 Å². The highest BCUT2D eigenvalue weighted by molar-refractivity contribution is 9.10. The van der Waals surface area contributed by atoms with E-state index in [2.05, 4.69) is 21.2 Å². The zero-order valence-electron chi connectivity index (χ0n) is 20.5. The van der Waals surface area contributed by atoms with Gasteiger partial charge in [-0.15, -0.1) is 0 Å². The first kappa shape index (κ1) is 26.4. The molecule has 0 saturated carbocycles. The van der Waals surface area contributed by atoms with Crippen molar-refractivity contribution in [3.05, 3.63) is 81.1 Å². The van der Waals surface area contributed by atoms with E-state index in [-0.39, 0.29) is 40.5 Å². The van der Waals surface area contributed by atoms with Crippen LogP contribution < -0.4 is 15.8 Å². The van der Waals surface area contributed by atoms with Gasteiger partial charge >= 0.3 is 5.97 Å². The van der Waals surface area contributed by atoms with Crippen LogP contribution in [0.15, 0.2) is 69.7 Å². The standard InChI is InChI=1S/C27H26BrFN2O6/c1-27(2)11-18(32)23-20(12-27)37-25(30)24(26(34)35-3)22(23)15-6-4-5-7-19(15)36-13-21(33)31-17-9-8-14(28)10-16(17)29/h4-10,22H,11-13,30H2,1-3H3,(H,31,33). The number of ketones is 1. The molecule has 1 heterocycles. The van der Waals surface area contributed by atoms with Gasteiger partial charge in [-0.3, -0.25) is 9.59 Å². The Morgan fingerprint density at radius 3 is 2.65 bits per heavy atom. The normalized spacial score (nSPS) is 18.6. The molecule has 0 spiro atoms. The van der Waals surface area contributed by atoms with E-state index in [1.54, 1.807) is 30.3 Å². The molecule has 1 unspecified atom stereocenters. The van der Waals surface area contributed by atoms with Crippen LogP contribution in [-0.4, -0.2) is 31.4 Å². The highest BCUT2D eigenvalue weighted by Crippen LogP contribution is 2.49. The SMILES string of the molecule is COC(=O)C1=C(N)OC2=C(C(=O)CC(C)(C)C2)C1c1ccccc1OCC(=O)Nc1ccc(Br)cc1F. The number of Topliss-reactive ketones (excluding diaryl/α,β-unsaturated/α-hetero) is 1. The first-order valence-electron chi connectivity index (χ1n) is 11.5. The summed E-state index contributed by atoms with van der Waals surface area (Å²) in [6, 6.07) is 11.0. The van der Waals surface area contributed by atoms with Crippen molar-refractivity contribution in [2.24, 2.45) is 11.1 Å². The van der Waals surface area contributed by atoms with Gasteiger partial charge in [-0.2, -0.15) is 0 Å². The molecule has 1 aliphatic heterocycles. The number of halogens is 2. The van der Waals surface area contributed by atoms with Crippen LogP contribution in [0, 0.1) is 11.2 Å². The van der Waals surface area contributed by atoms with E-state index in [1.165, 1.54) is 19.2 Å². The lowest BCUT2D eigenvalue weighted by Crippen LogP contribution is -2.35. The third-order valence-corrected chi connectivity index (χ3v) is 6.65. The highest BCUT2D eigenvalue weighted by atomic mass is 79.9. The summed E-state index contributed by atoms with van der Waals surface area (Å²) >= 11 is 3.17. The van der Waals surface area contributed by atoms with Gasteiger partial charge in [0.05, 0.1) is 18.7 Å². The molecule has 1 aliphatic carbocycles. The number of para-hydroxylation sites is 1. The molecule has 37 heavy (non-hydrogen) atoms. The number of hydrogen-bond acceptors (Lipinski definition) is 7. The summed E-state index contributed by atoms with van der Waals surface area (Å²) in [4.78, 5) is 38.7. The molecule has 10 heteroatoms. The van der Waals surface area contributed by atoms with Crippen LogP contribution in [0.5, 0.6) is 5.75 Å². The molecule has 1 atom stereocenters. The molecule has 4 rings (SSSR count). The van der Waals surface area contributed by atoms with Gasteiger partial charge < -0.3 is 25.3 Å². The van der Waals surface area contributed by atoms with E-state index in [0.717, 1.165) is 0 Å². The third kappa shape index (κ3) is 5.53. The topological polar surface area (TPSA) is 117 Å². The number of benzene rings is 2. The summed E-state index contributed by atoms with van der Waals surface area (Å²) in [6.45, 7) is 3.45. The second-order valence-corrected chi connectivity index (χ2v) is 10.5. The Morgan fingerprint density at radius 2 is 1.95 bits per heavy atom. The van der Waals surface area contributed by atoms with Crippen molar-refractivity contribution in [3.8, 4) is 5.75 Å². The van der Waals surface area contributed by atoms with Crippen LogP contribution in [0.4, 0.5) is 10.1 Å². The maximum atomic E-state index is 14.1. The van der Waals surface area contributed by atoms with Gasteiger partial charge in [0, 0.05) is 28.5 Å². The van der Waals surface area contributed by atoms with Crippen LogP contribution in [0.2, 0.25) is 0 Å². The minimum Gasteiger partial charge on any atom is -0.483 e.